The summed E-state index contributed by atoms with van der Waals surface area (Å²) in [6.45, 7) is 0.966. The highest BCUT2D eigenvalue weighted by Gasteiger charge is 2.12. The normalized spacial score (nSPS) is 11.0. The number of amides is 1. The molecule has 0 unspecified atom stereocenters. The highest BCUT2D eigenvalue weighted by Crippen LogP contribution is 2.24. The number of anilines is 1. The van der Waals surface area contributed by atoms with E-state index in [1.165, 1.54) is 11.2 Å². The molecular formula is C16H15BrClN5OS. The van der Waals surface area contributed by atoms with Crippen LogP contribution in [0, 0.1) is 0 Å². The topological polar surface area (TPSA) is 63.1 Å². The fourth-order valence-electron chi connectivity index (χ4n) is 2.33. The molecule has 0 saturated heterocycles. The quantitative estimate of drug-likeness (QED) is 0.633. The summed E-state index contributed by atoms with van der Waals surface area (Å²) in [6, 6.07) is 7.29. The molecule has 0 saturated carbocycles. The van der Waals surface area contributed by atoms with Gasteiger partial charge in [-0.25, -0.2) is 9.67 Å². The number of thiophene rings is 1. The Morgan fingerprint density at radius 3 is 2.96 bits per heavy atom. The molecule has 130 valence electrons. The van der Waals surface area contributed by atoms with Gasteiger partial charge < -0.3 is 5.32 Å². The Hall–Kier alpha value is -1.74. The zero-order valence-corrected chi connectivity index (χ0v) is 16.5. The zero-order chi connectivity index (χ0) is 17.8. The molecule has 0 aliphatic carbocycles. The van der Waals surface area contributed by atoms with Crippen LogP contribution >= 0.6 is 38.9 Å². The van der Waals surface area contributed by atoms with Crippen LogP contribution in [0.1, 0.15) is 4.88 Å². The molecule has 0 bridgehead atoms. The van der Waals surface area contributed by atoms with Crippen LogP contribution in [-0.2, 0) is 11.3 Å². The fourth-order valence-corrected chi connectivity index (χ4v) is 4.04. The molecule has 0 aliphatic heterocycles. The Kier molecular flexibility index (Phi) is 5.85. The first kappa shape index (κ1) is 18.1. The minimum absolute atomic E-state index is 0.123. The molecule has 2 heterocycles. The van der Waals surface area contributed by atoms with Crippen LogP contribution in [0.2, 0.25) is 5.02 Å². The number of rotatable bonds is 6. The Balaban J connectivity index is 1.67. The first-order valence-corrected chi connectivity index (χ1v) is 9.42. The number of carbonyl (C=O) groups is 1. The van der Waals surface area contributed by atoms with Gasteiger partial charge in [0.05, 0.1) is 17.9 Å². The lowest BCUT2D eigenvalue weighted by Gasteiger charge is -2.16. The number of hydrogen-bond donors (Lipinski definition) is 1. The van der Waals surface area contributed by atoms with Crippen molar-refractivity contribution in [3.05, 3.63) is 56.7 Å². The average Bonchev–Trinajstić information content (AvgIpc) is 3.19. The van der Waals surface area contributed by atoms with Crippen LogP contribution in [0.25, 0.3) is 5.69 Å². The fraction of sp³-hybridized carbons (Fsp3) is 0.188. The molecule has 2 aromatic heterocycles. The number of carbonyl (C=O) groups excluding carboxylic acids is 1. The maximum absolute atomic E-state index is 12.4. The third-order valence-corrected chi connectivity index (χ3v) is 5.28. The van der Waals surface area contributed by atoms with Crippen molar-refractivity contribution in [1.82, 2.24) is 19.7 Å². The van der Waals surface area contributed by atoms with Crippen molar-refractivity contribution in [2.24, 2.45) is 0 Å². The van der Waals surface area contributed by atoms with Gasteiger partial charge >= 0.3 is 0 Å². The molecule has 3 aromatic rings. The molecule has 1 amide bonds. The largest absolute Gasteiger partial charge is 0.323 e. The van der Waals surface area contributed by atoms with Crippen molar-refractivity contribution in [2.75, 3.05) is 18.9 Å². The smallest absolute Gasteiger partial charge is 0.238 e. The predicted octanol–water partition coefficient (Wildman–Crippen LogP) is 3.82. The summed E-state index contributed by atoms with van der Waals surface area (Å²) in [5.41, 5.74) is 1.30. The van der Waals surface area contributed by atoms with Crippen LogP contribution in [0.5, 0.6) is 0 Å². The van der Waals surface area contributed by atoms with Gasteiger partial charge in [0.25, 0.3) is 0 Å². The first-order valence-electron chi connectivity index (χ1n) is 7.37. The lowest BCUT2D eigenvalue weighted by molar-refractivity contribution is -0.117. The number of aromatic nitrogens is 3. The lowest BCUT2D eigenvalue weighted by atomic mass is 10.2. The summed E-state index contributed by atoms with van der Waals surface area (Å²) >= 11 is 11.2. The van der Waals surface area contributed by atoms with Gasteiger partial charge in [0.2, 0.25) is 5.91 Å². The van der Waals surface area contributed by atoms with E-state index in [-0.39, 0.29) is 12.5 Å². The molecule has 0 spiro atoms. The SMILES string of the molecule is CN(CC(=O)Nc1cc(Cl)ccc1-n1cncn1)Cc1cc(Br)cs1. The second kappa shape index (κ2) is 8.09. The number of hydrogen-bond acceptors (Lipinski definition) is 5. The second-order valence-corrected chi connectivity index (χ2v) is 7.80. The van der Waals surface area contributed by atoms with Gasteiger partial charge in [0, 0.05) is 26.3 Å². The van der Waals surface area contributed by atoms with E-state index in [0.717, 1.165) is 4.47 Å². The van der Waals surface area contributed by atoms with E-state index >= 15 is 0 Å². The summed E-state index contributed by atoms with van der Waals surface area (Å²) in [5.74, 6) is -0.123. The number of nitrogens with zero attached hydrogens (tertiary/aromatic N) is 4. The Morgan fingerprint density at radius 2 is 2.28 bits per heavy atom. The molecule has 1 N–H and O–H groups in total. The van der Waals surface area contributed by atoms with Gasteiger partial charge in [-0.3, -0.25) is 9.69 Å². The molecule has 0 fully saturated rings. The van der Waals surface area contributed by atoms with Crippen LogP contribution in [0.15, 0.2) is 46.8 Å². The van der Waals surface area contributed by atoms with E-state index in [1.54, 1.807) is 40.5 Å². The Labute approximate surface area is 162 Å². The van der Waals surface area contributed by atoms with E-state index < -0.39 is 0 Å². The molecular weight excluding hydrogens is 426 g/mol. The van der Waals surface area contributed by atoms with Gasteiger partial charge in [-0.15, -0.1) is 11.3 Å². The highest BCUT2D eigenvalue weighted by atomic mass is 79.9. The zero-order valence-electron chi connectivity index (χ0n) is 13.3. The molecule has 6 nitrogen and oxygen atoms in total. The van der Waals surface area contributed by atoms with E-state index in [0.29, 0.717) is 22.9 Å². The molecule has 3 rings (SSSR count). The lowest BCUT2D eigenvalue weighted by Crippen LogP contribution is -2.30. The Bertz CT molecular complexity index is 867. The standard InChI is InChI=1S/C16H15BrClN5OS/c1-22(6-13-4-11(17)8-25-13)7-16(24)21-14-5-12(18)2-3-15(14)23-10-19-9-20-23/h2-5,8-10H,6-7H2,1H3,(H,21,24). The summed E-state index contributed by atoms with van der Waals surface area (Å²) in [5, 5.41) is 9.57. The van der Waals surface area contributed by atoms with Gasteiger partial charge in [-0.2, -0.15) is 5.10 Å². The minimum atomic E-state index is -0.123. The number of halogens is 2. The van der Waals surface area contributed by atoms with Crippen LogP contribution in [0.3, 0.4) is 0 Å². The summed E-state index contributed by atoms with van der Waals surface area (Å²) in [4.78, 5) is 19.5. The van der Waals surface area contributed by atoms with E-state index in [4.69, 9.17) is 11.6 Å². The summed E-state index contributed by atoms with van der Waals surface area (Å²) < 4.78 is 2.64. The highest BCUT2D eigenvalue weighted by molar-refractivity contribution is 9.10. The van der Waals surface area contributed by atoms with Gasteiger partial charge in [0.15, 0.2) is 0 Å². The maximum atomic E-state index is 12.4. The van der Waals surface area contributed by atoms with Gasteiger partial charge in [-0.1, -0.05) is 11.6 Å². The molecule has 0 atom stereocenters. The third-order valence-electron chi connectivity index (χ3n) is 3.36. The Morgan fingerprint density at radius 1 is 1.44 bits per heavy atom. The number of benzene rings is 1. The van der Waals surface area contributed by atoms with E-state index in [9.17, 15) is 4.79 Å². The average molecular weight is 441 g/mol. The summed E-state index contributed by atoms with van der Waals surface area (Å²) in [7, 11) is 1.91. The molecule has 9 heteroatoms. The monoisotopic (exact) mass is 439 g/mol. The molecule has 0 radical (unpaired) electrons. The van der Waals surface area contributed by atoms with Crippen molar-refractivity contribution >= 4 is 50.5 Å². The van der Waals surface area contributed by atoms with Crippen LogP contribution in [0.4, 0.5) is 5.69 Å². The number of likely N-dealkylation sites (N-methyl/N-ethyl adjacent to an activating group) is 1. The maximum Gasteiger partial charge on any atom is 0.238 e. The molecule has 1 aromatic carbocycles. The number of nitrogens with one attached hydrogen (secondary N) is 1. The molecule has 0 aliphatic rings. The first-order chi connectivity index (χ1) is 12.0. The van der Waals surface area contributed by atoms with Crippen LogP contribution < -0.4 is 5.32 Å². The van der Waals surface area contributed by atoms with Gasteiger partial charge in [0.1, 0.15) is 12.7 Å². The van der Waals surface area contributed by atoms with Crippen molar-refractivity contribution < 1.29 is 4.79 Å². The second-order valence-electron chi connectivity index (χ2n) is 5.45. The van der Waals surface area contributed by atoms with Crippen molar-refractivity contribution in [1.29, 1.82) is 0 Å². The van der Waals surface area contributed by atoms with Crippen molar-refractivity contribution in [2.45, 2.75) is 6.54 Å². The predicted molar refractivity (Wildman–Crippen MR) is 103 cm³/mol. The van der Waals surface area contributed by atoms with Crippen molar-refractivity contribution in [3.8, 4) is 5.69 Å². The van der Waals surface area contributed by atoms with E-state index in [2.05, 4.69) is 37.4 Å². The van der Waals surface area contributed by atoms with Crippen LogP contribution in [-0.4, -0.2) is 39.2 Å². The third kappa shape index (κ3) is 4.88. The summed E-state index contributed by atoms with van der Waals surface area (Å²) in [6.07, 6.45) is 3.01. The van der Waals surface area contributed by atoms with E-state index in [1.807, 2.05) is 17.3 Å². The minimum Gasteiger partial charge on any atom is -0.323 e. The van der Waals surface area contributed by atoms with Gasteiger partial charge in [-0.05, 0) is 47.2 Å². The van der Waals surface area contributed by atoms with Crippen molar-refractivity contribution in [3.63, 3.8) is 0 Å². The molecule has 25 heavy (non-hydrogen) atoms.